The Morgan fingerprint density at radius 3 is 2.09 bits per heavy atom. The summed E-state index contributed by atoms with van der Waals surface area (Å²) in [6.07, 6.45) is 3.09. The molecule has 0 saturated carbocycles. The maximum Gasteiger partial charge on any atom is 0.485 e. The third-order valence-corrected chi connectivity index (χ3v) is 3.40. The van der Waals surface area contributed by atoms with Crippen LogP contribution in [-0.2, 0) is 23.6 Å². The number of H-pyrrole nitrogens is 1. The summed E-state index contributed by atoms with van der Waals surface area (Å²) in [6, 6.07) is 10.4. The topological polar surface area (TPSA) is 76.9 Å². The van der Waals surface area contributed by atoms with E-state index in [0.29, 0.717) is 0 Å². The summed E-state index contributed by atoms with van der Waals surface area (Å²) in [5, 5.41) is 0. The number of hydrogen-bond acceptors (Lipinski definition) is 3. The quantitative estimate of drug-likeness (QED) is 0.518. The van der Waals surface area contributed by atoms with Gasteiger partial charge in [-0.25, -0.2) is 18.0 Å². The molecule has 0 spiro atoms. The molecule has 0 amide bonds. The van der Waals surface area contributed by atoms with Crippen molar-refractivity contribution in [3.8, 4) is 11.3 Å². The van der Waals surface area contributed by atoms with E-state index in [1.165, 1.54) is 17.1 Å². The number of halogens is 3. The van der Waals surface area contributed by atoms with E-state index in [9.17, 15) is 13.2 Å². The lowest BCUT2D eigenvalue weighted by molar-refractivity contribution is -0.667. The molecule has 9 heteroatoms. The number of aromatic nitrogens is 2. The fraction of sp³-hybridized carbons (Fsp3) is 0.308. The molecule has 1 aromatic carbocycles. The van der Waals surface area contributed by atoms with Gasteiger partial charge in [0, 0.05) is 12.0 Å². The molecule has 1 N–H and O–H groups in total. The Morgan fingerprint density at radius 2 is 1.73 bits per heavy atom. The smallest absolute Gasteiger partial charge is 0.485 e. The molecule has 0 bridgehead atoms. The molecule has 22 heavy (non-hydrogen) atoms. The number of nitrogens with one attached hydrogen (secondary N) is 1. The second-order valence-corrected chi connectivity index (χ2v) is 5.67. The van der Waals surface area contributed by atoms with Crippen molar-refractivity contribution in [1.82, 2.24) is 4.98 Å². The number of imidazole rings is 1. The summed E-state index contributed by atoms with van der Waals surface area (Å²) >= 11 is 0. The molecule has 0 saturated heterocycles. The highest BCUT2D eigenvalue weighted by Crippen LogP contribution is 2.20. The van der Waals surface area contributed by atoms with Crippen LogP contribution in [0.15, 0.2) is 36.5 Å². The Balaban J connectivity index is 0.000000261. The third kappa shape index (κ3) is 4.57. The summed E-state index contributed by atoms with van der Waals surface area (Å²) in [4.78, 5) is 3.29. The number of hydrogen-bond donors (Lipinski definition) is 1. The van der Waals surface area contributed by atoms with Gasteiger partial charge in [-0.2, -0.15) is 13.2 Å². The van der Waals surface area contributed by atoms with E-state index in [1.54, 1.807) is 0 Å². The fourth-order valence-electron chi connectivity index (χ4n) is 1.72. The van der Waals surface area contributed by atoms with Crippen LogP contribution in [0.25, 0.3) is 11.3 Å². The first-order valence-electron chi connectivity index (χ1n) is 6.21. The van der Waals surface area contributed by atoms with Gasteiger partial charge in [-0.3, -0.25) is 0 Å². The summed E-state index contributed by atoms with van der Waals surface area (Å²) < 4.78 is 61.1. The Bertz CT molecular complexity index is 710. The van der Waals surface area contributed by atoms with Gasteiger partial charge in [0.1, 0.15) is 6.20 Å². The van der Waals surface area contributed by atoms with E-state index >= 15 is 0 Å². The van der Waals surface area contributed by atoms with E-state index in [-0.39, 0.29) is 0 Å². The first-order valence-corrected chi connectivity index (χ1v) is 7.62. The second kappa shape index (κ2) is 6.93. The highest BCUT2D eigenvalue weighted by Gasteiger charge is 2.36. The molecule has 122 valence electrons. The number of aromatic amines is 1. The van der Waals surface area contributed by atoms with Crippen molar-refractivity contribution in [1.29, 1.82) is 0 Å². The zero-order valence-corrected chi connectivity index (χ0v) is 12.7. The number of rotatable bonds is 2. The lowest BCUT2D eigenvalue weighted by Crippen LogP contribution is -2.33. The predicted octanol–water partition coefficient (Wildman–Crippen LogP) is 2.12. The van der Waals surface area contributed by atoms with Gasteiger partial charge < -0.3 is 4.55 Å². The minimum atomic E-state index is -6.09. The van der Waals surface area contributed by atoms with Crippen molar-refractivity contribution in [2.75, 3.05) is 0 Å². The van der Waals surface area contributed by atoms with E-state index in [4.69, 9.17) is 13.0 Å². The number of aryl methyl sites for hydroxylation is 1. The number of benzene rings is 1. The first kappa shape index (κ1) is 18.2. The van der Waals surface area contributed by atoms with Gasteiger partial charge in [-0.1, -0.05) is 37.3 Å². The van der Waals surface area contributed by atoms with Crippen LogP contribution in [0.2, 0.25) is 0 Å². The Labute approximate surface area is 126 Å². The highest BCUT2D eigenvalue weighted by atomic mass is 32.2. The second-order valence-electron chi connectivity index (χ2n) is 4.30. The fourth-order valence-corrected chi connectivity index (χ4v) is 1.72. The van der Waals surface area contributed by atoms with Crippen molar-refractivity contribution in [2.45, 2.75) is 18.9 Å². The van der Waals surface area contributed by atoms with Crippen LogP contribution in [0, 0.1) is 0 Å². The van der Waals surface area contributed by atoms with E-state index in [2.05, 4.69) is 54.0 Å². The van der Waals surface area contributed by atoms with E-state index in [0.717, 1.165) is 6.42 Å². The van der Waals surface area contributed by atoms with Gasteiger partial charge in [-0.15, -0.1) is 0 Å². The molecule has 0 atom stereocenters. The average Bonchev–Trinajstić information content (AvgIpc) is 2.79. The lowest BCUT2D eigenvalue weighted by Gasteiger charge is -2.08. The van der Waals surface area contributed by atoms with Crippen LogP contribution in [0.1, 0.15) is 12.7 Å². The zero-order chi connectivity index (χ0) is 17.0. The van der Waals surface area contributed by atoms with Gasteiger partial charge in [0.25, 0.3) is 5.82 Å². The molecule has 0 fully saturated rings. The van der Waals surface area contributed by atoms with Crippen molar-refractivity contribution in [2.24, 2.45) is 7.05 Å². The van der Waals surface area contributed by atoms with Crippen molar-refractivity contribution >= 4 is 10.1 Å². The van der Waals surface area contributed by atoms with E-state index in [1.807, 2.05) is 6.07 Å². The number of nitrogens with zero attached hydrogens (tertiary/aromatic N) is 1. The molecule has 0 radical (unpaired) electrons. The summed E-state index contributed by atoms with van der Waals surface area (Å²) in [5.41, 5.74) is -3.15. The van der Waals surface area contributed by atoms with Gasteiger partial charge in [0.05, 0.1) is 7.05 Å². The summed E-state index contributed by atoms with van der Waals surface area (Å²) in [5.74, 6) is 1.25. The van der Waals surface area contributed by atoms with Crippen molar-refractivity contribution in [3.63, 3.8) is 0 Å². The molecule has 1 aromatic heterocycles. The molecular weight excluding hydrogens is 321 g/mol. The summed E-state index contributed by atoms with van der Waals surface area (Å²) in [6.45, 7) is 2.15. The monoisotopic (exact) mass is 336 g/mol. The molecule has 2 rings (SSSR count). The maximum atomic E-state index is 10.7. The van der Waals surface area contributed by atoms with Crippen molar-refractivity contribution in [3.05, 3.63) is 42.4 Å². The highest BCUT2D eigenvalue weighted by molar-refractivity contribution is 7.86. The van der Waals surface area contributed by atoms with Gasteiger partial charge in [0.15, 0.2) is 15.8 Å². The Kier molecular flexibility index (Phi) is 5.72. The van der Waals surface area contributed by atoms with Gasteiger partial charge >= 0.3 is 5.51 Å². The Hall–Kier alpha value is -1.87. The molecule has 1 heterocycles. The van der Waals surface area contributed by atoms with Crippen LogP contribution < -0.4 is 4.57 Å². The third-order valence-electron chi connectivity index (χ3n) is 2.83. The van der Waals surface area contributed by atoms with Crippen LogP contribution in [0.4, 0.5) is 13.2 Å². The van der Waals surface area contributed by atoms with Crippen LogP contribution in [0.5, 0.6) is 0 Å². The van der Waals surface area contributed by atoms with Crippen LogP contribution in [0.3, 0.4) is 0 Å². The van der Waals surface area contributed by atoms with Crippen molar-refractivity contribution < 1.29 is 30.7 Å². The number of alkyl halides is 3. The normalized spacial score (nSPS) is 11.7. The average molecular weight is 336 g/mol. The van der Waals surface area contributed by atoms with Crippen LogP contribution in [-0.4, -0.2) is 23.5 Å². The first-order chi connectivity index (χ1) is 10.1. The zero-order valence-electron chi connectivity index (χ0n) is 11.9. The minimum Gasteiger partial charge on any atom is -0.741 e. The largest absolute Gasteiger partial charge is 0.741 e. The molecule has 0 aliphatic rings. The molecule has 0 aliphatic carbocycles. The minimum absolute atomic E-state index is 1.03. The standard InChI is InChI=1S/C12H14N2.CHF3O3S/c1-3-12-13-9-11(14(12)2)10-7-5-4-6-8-10;2-1(3,4)8(5,6)7/h4-9H,3H2,1-2H3;(H,5,6,7). The summed E-state index contributed by atoms with van der Waals surface area (Å²) in [7, 11) is -4.00. The van der Waals surface area contributed by atoms with Gasteiger partial charge in [0.2, 0.25) is 0 Å². The molecule has 2 aromatic rings. The predicted molar refractivity (Wildman–Crippen MR) is 72.5 cm³/mol. The maximum absolute atomic E-state index is 10.7. The SMILES string of the molecule is CCc1[nH]cc(-c2ccccc2)[n+]1C.O=S(=O)([O-])C(F)(F)F. The Morgan fingerprint density at radius 1 is 1.23 bits per heavy atom. The van der Waals surface area contributed by atoms with Gasteiger partial charge in [-0.05, 0) is 0 Å². The molecule has 5 nitrogen and oxygen atoms in total. The molecule has 0 unspecified atom stereocenters. The van der Waals surface area contributed by atoms with Crippen LogP contribution >= 0.6 is 0 Å². The molecular formula is C13H15F3N2O3S. The molecule has 0 aliphatic heterocycles. The lowest BCUT2D eigenvalue weighted by atomic mass is 10.2. The van der Waals surface area contributed by atoms with E-state index < -0.39 is 15.6 Å².